The fraction of sp³-hybridized carbons (Fsp3) is 0.263. The van der Waals surface area contributed by atoms with Crippen molar-refractivity contribution in [1.29, 1.82) is 0 Å². The maximum atomic E-state index is 12.8. The molecule has 2 aromatic carbocycles. The largest absolute Gasteiger partial charge is 0.493 e. The minimum atomic E-state index is -0.631. The SMILES string of the molecule is COc1cc(C(=O)N(C)Cc2ccc(Br)cc2)cc(OC)c1OCC(N)=O. The number of carbonyl (C=O) groups excluding carboxylic acids is 2. The van der Waals surface area contributed by atoms with Gasteiger partial charge in [-0.3, -0.25) is 9.59 Å². The first kappa shape index (κ1) is 20.6. The van der Waals surface area contributed by atoms with Crippen LogP contribution in [0, 0.1) is 0 Å². The van der Waals surface area contributed by atoms with E-state index in [4.69, 9.17) is 19.9 Å². The van der Waals surface area contributed by atoms with Crippen LogP contribution < -0.4 is 19.9 Å². The van der Waals surface area contributed by atoms with Gasteiger partial charge >= 0.3 is 0 Å². The highest BCUT2D eigenvalue weighted by molar-refractivity contribution is 9.10. The number of rotatable bonds is 8. The molecule has 0 heterocycles. The van der Waals surface area contributed by atoms with E-state index >= 15 is 0 Å². The van der Waals surface area contributed by atoms with Gasteiger partial charge < -0.3 is 24.8 Å². The standard InChI is InChI=1S/C19H21BrN2O5/c1-22(10-12-4-6-14(20)7-5-12)19(24)13-8-15(25-2)18(16(9-13)26-3)27-11-17(21)23/h4-9H,10-11H2,1-3H3,(H2,21,23). The molecule has 0 saturated heterocycles. The lowest BCUT2D eigenvalue weighted by molar-refractivity contribution is -0.120. The molecule has 7 nitrogen and oxygen atoms in total. The normalized spacial score (nSPS) is 10.2. The summed E-state index contributed by atoms with van der Waals surface area (Å²) >= 11 is 3.39. The van der Waals surface area contributed by atoms with Gasteiger partial charge in [-0.15, -0.1) is 0 Å². The number of nitrogens with zero attached hydrogens (tertiary/aromatic N) is 1. The second-order valence-corrected chi connectivity index (χ2v) is 6.67. The molecule has 27 heavy (non-hydrogen) atoms. The summed E-state index contributed by atoms with van der Waals surface area (Å²) in [5.74, 6) is -0.0812. The summed E-state index contributed by atoms with van der Waals surface area (Å²) in [4.78, 5) is 25.4. The highest BCUT2D eigenvalue weighted by Gasteiger charge is 2.20. The van der Waals surface area contributed by atoms with Crippen molar-refractivity contribution in [2.24, 2.45) is 5.73 Å². The Morgan fingerprint density at radius 1 is 1.07 bits per heavy atom. The van der Waals surface area contributed by atoms with Gasteiger partial charge in [0, 0.05) is 23.6 Å². The Labute approximate surface area is 166 Å². The summed E-state index contributed by atoms with van der Waals surface area (Å²) in [5, 5.41) is 0. The van der Waals surface area contributed by atoms with E-state index in [1.54, 1.807) is 24.1 Å². The van der Waals surface area contributed by atoms with Crippen molar-refractivity contribution in [2.75, 3.05) is 27.9 Å². The predicted octanol–water partition coefficient (Wildman–Crippen LogP) is 2.60. The number of nitrogens with two attached hydrogens (primary N) is 1. The van der Waals surface area contributed by atoms with Crippen LogP contribution in [-0.2, 0) is 11.3 Å². The van der Waals surface area contributed by atoms with Crippen molar-refractivity contribution in [3.8, 4) is 17.2 Å². The molecule has 2 N–H and O–H groups in total. The highest BCUT2D eigenvalue weighted by Crippen LogP contribution is 2.38. The van der Waals surface area contributed by atoms with Crippen LogP contribution in [0.1, 0.15) is 15.9 Å². The Bertz CT molecular complexity index is 798. The fourth-order valence-electron chi connectivity index (χ4n) is 2.44. The molecule has 0 unspecified atom stereocenters. The Balaban J connectivity index is 2.26. The first-order chi connectivity index (χ1) is 12.8. The first-order valence-electron chi connectivity index (χ1n) is 8.02. The molecule has 0 bridgehead atoms. The van der Waals surface area contributed by atoms with Crippen LogP contribution in [0.3, 0.4) is 0 Å². The molecule has 2 aromatic rings. The topological polar surface area (TPSA) is 91.1 Å². The number of halogens is 1. The van der Waals surface area contributed by atoms with E-state index in [1.807, 2.05) is 24.3 Å². The molecule has 0 aliphatic heterocycles. The molecule has 0 spiro atoms. The number of amides is 2. The Kier molecular flexibility index (Phi) is 7.06. The number of carbonyl (C=O) groups is 2. The molecule has 0 atom stereocenters. The van der Waals surface area contributed by atoms with Crippen LogP contribution in [-0.4, -0.2) is 44.6 Å². The average Bonchev–Trinajstić information content (AvgIpc) is 2.66. The van der Waals surface area contributed by atoms with Crippen LogP contribution in [0.4, 0.5) is 0 Å². The van der Waals surface area contributed by atoms with Crippen LogP contribution >= 0.6 is 15.9 Å². The molecule has 2 amide bonds. The second-order valence-electron chi connectivity index (χ2n) is 5.75. The second kappa shape index (κ2) is 9.27. The van der Waals surface area contributed by atoms with Crippen molar-refractivity contribution in [3.63, 3.8) is 0 Å². The lowest BCUT2D eigenvalue weighted by Crippen LogP contribution is -2.26. The molecule has 2 rings (SSSR count). The summed E-state index contributed by atoms with van der Waals surface area (Å²) < 4.78 is 16.9. The monoisotopic (exact) mass is 436 g/mol. The van der Waals surface area contributed by atoms with Gasteiger partial charge in [-0.25, -0.2) is 0 Å². The van der Waals surface area contributed by atoms with E-state index in [1.165, 1.54) is 14.2 Å². The maximum Gasteiger partial charge on any atom is 0.255 e. The van der Waals surface area contributed by atoms with Gasteiger partial charge in [0.2, 0.25) is 5.75 Å². The van der Waals surface area contributed by atoms with E-state index < -0.39 is 5.91 Å². The summed E-state index contributed by atoms with van der Waals surface area (Å²) in [6.07, 6.45) is 0. The Hall–Kier alpha value is -2.74. The molecule has 8 heteroatoms. The van der Waals surface area contributed by atoms with Crippen LogP contribution in [0.15, 0.2) is 40.9 Å². The van der Waals surface area contributed by atoms with Crippen LogP contribution in [0.25, 0.3) is 0 Å². The number of benzene rings is 2. The average molecular weight is 437 g/mol. The van der Waals surface area contributed by atoms with Crippen molar-refractivity contribution < 1.29 is 23.8 Å². The third kappa shape index (κ3) is 5.37. The quantitative estimate of drug-likeness (QED) is 0.686. The molecule has 0 aromatic heterocycles. The Morgan fingerprint density at radius 2 is 1.63 bits per heavy atom. The molecule has 0 fully saturated rings. The molecule has 0 saturated carbocycles. The van der Waals surface area contributed by atoms with E-state index in [9.17, 15) is 9.59 Å². The highest BCUT2D eigenvalue weighted by atomic mass is 79.9. The zero-order chi connectivity index (χ0) is 20.0. The lowest BCUT2D eigenvalue weighted by Gasteiger charge is -2.20. The van der Waals surface area contributed by atoms with Crippen molar-refractivity contribution in [1.82, 2.24) is 4.90 Å². The van der Waals surface area contributed by atoms with Gasteiger partial charge in [0.25, 0.3) is 11.8 Å². The molecule has 0 aliphatic rings. The van der Waals surface area contributed by atoms with Gasteiger partial charge in [0.05, 0.1) is 14.2 Å². The van der Waals surface area contributed by atoms with Crippen LogP contribution in [0.5, 0.6) is 17.2 Å². The summed E-state index contributed by atoms with van der Waals surface area (Å²) in [6.45, 7) is 0.111. The molecular weight excluding hydrogens is 416 g/mol. The third-order valence-electron chi connectivity index (χ3n) is 3.75. The Morgan fingerprint density at radius 3 is 2.11 bits per heavy atom. The minimum Gasteiger partial charge on any atom is -0.493 e. The molecule has 0 radical (unpaired) electrons. The van der Waals surface area contributed by atoms with Crippen molar-refractivity contribution in [2.45, 2.75) is 6.54 Å². The van der Waals surface area contributed by atoms with Crippen molar-refractivity contribution in [3.05, 3.63) is 52.0 Å². The maximum absolute atomic E-state index is 12.8. The lowest BCUT2D eigenvalue weighted by atomic mass is 10.1. The number of ether oxygens (including phenoxy) is 3. The molecule has 0 aliphatic carbocycles. The zero-order valence-corrected chi connectivity index (χ0v) is 16.9. The van der Waals surface area contributed by atoms with Gasteiger partial charge in [-0.05, 0) is 29.8 Å². The molecule has 144 valence electrons. The fourth-order valence-corrected chi connectivity index (χ4v) is 2.71. The number of hydrogen-bond acceptors (Lipinski definition) is 5. The third-order valence-corrected chi connectivity index (χ3v) is 4.27. The summed E-state index contributed by atoms with van der Waals surface area (Å²) in [5.41, 5.74) is 6.48. The van der Waals surface area contributed by atoms with Gasteiger partial charge in [0.15, 0.2) is 18.1 Å². The predicted molar refractivity (Wildman–Crippen MR) is 104 cm³/mol. The van der Waals surface area contributed by atoms with E-state index in [2.05, 4.69) is 15.9 Å². The summed E-state index contributed by atoms with van der Waals surface area (Å²) in [6, 6.07) is 10.8. The van der Waals surface area contributed by atoms with Crippen LogP contribution in [0.2, 0.25) is 0 Å². The van der Waals surface area contributed by atoms with E-state index in [0.29, 0.717) is 12.1 Å². The number of methoxy groups -OCH3 is 2. The van der Waals surface area contributed by atoms with Gasteiger partial charge in [-0.2, -0.15) is 0 Å². The minimum absolute atomic E-state index is 0.212. The smallest absolute Gasteiger partial charge is 0.255 e. The molecular formula is C19H21BrN2O5. The van der Waals surface area contributed by atoms with Gasteiger partial charge in [-0.1, -0.05) is 28.1 Å². The number of hydrogen-bond donors (Lipinski definition) is 1. The number of primary amides is 1. The van der Waals surface area contributed by atoms with Gasteiger partial charge in [0.1, 0.15) is 0 Å². The first-order valence-corrected chi connectivity index (χ1v) is 8.82. The zero-order valence-electron chi connectivity index (χ0n) is 15.3. The summed E-state index contributed by atoms with van der Waals surface area (Å²) in [7, 11) is 4.58. The van der Waals surface area contributed by atoms with E-state index in [-0.39, 0.29) is 29.8 Å². The van der Waals surface area contributed by atoms with Crippen molar-refractivity contribution >= 4 is 27.7 Å². The van der Waals surface area contributed by atoms with E-state index in [0.717, 1.165) is 10.0 Å².